The number of hydrogen-bond acceptors (Lipinski definition) is 4. The molecule has 1 aromatic heterocycles. The molecule has 0 aliphatic heterocycles. The van der Waals surface area contributed by atoms with Crippen LogP contribution in [0.3, 0.4) is 0 Å². The van der Waals surface area contributed by atoms with Crippen LogP contribution in [0.25, 0.3) is 0 Å². The van der Waals surface area contributed by atoms with E-state index < -0.39 is 6.03 Å². The number of nitrogens with zero attached hydrogens (tertiary/aromatic N) is 3. The summed E-state index contributed by atoms with van der Waals surface area (Å²) >= 11 is 0. The van der Waals surface area contributed by atoms with Crippen molar-refractivity contribution < 1.29 is 4.79 Å². The molecule has 0 aliphatic rings. The molecule has 0 radical (unpaired) electrons. The summed E-state index contributed by atoms with van der Waals surface area (Å²) in [5.74, 6) is -0.111. The first-order valence-corrected chi connectivity index (χ1v) is 2.76. The van der Waals surface area contributed by atoms with E-state index in [2.05, 4.69) is 15.9 Å². The topological polar surface area (TPSA) is 95.2 Å². The van der Waals surface area contributed by atoms with Crippen molar-refractivity contribution in [3.05, 3.63) is 23.5 Å². The predicted octanol–water partition coefficient (Wildman–Crippen LogP) is -0.140. The lowest BCUT2D eigenvalue weighted by Crippen LogP contribution is -2.30. The number of aromatic nitrogens is 2. The lowest BCUT2D eigenvalue weighted by Gasteiger charge is -2.22. The average Bonchev–Trinajstić information content (AvgIpc) is 2.05. The number of carbonyl (C=O) groups excluding carboxylic acids is 1. The Labute approximate surface area is 62.2 Å². The Balaban J connectivity index is 2.85. The van der Waals surface area contributed by atoms with Gasteiger partial charge in [-0.3, -0.25) is 0 Å². The zero-order valence-electron chi connectivity index (χ0n) is 5.47. The average molecular weight is 153 g/mol. The van der Waals surface area contributed by atoms with Gasteiger partial charge in [0.15, 0.2) is 0 Å². The van der Waals surface area contributed by atoms with Gasteiger partial charge < -0.3 is 16.0 Å². The molecule has 0 aromatic carbocycles. The van der Waals surface area contributed by atoms with Crippen molar-refractivity contribution in [2.45, 2.75) is 0 Å². The molecule has 11 heavy (non-hydrogen) atoms. The fourth-order valence-corrected chi connectivity index (χ4v) is 0.515. The number of primary amides is 1. The van der Waals surface area contributed by atoms with Gasteiger partial charge in [-0.15, -0.1) is 5.10 Å². The standard InChI is InChI=1S/C5H5N4O2/c6-5(10)9(11)4-2-1-3-7-8-4/h1-3H,(H2,6,10)/q-1. The second-order valence-electron chi connectivity index (χ2n) is 1.71. The smallest absolute Gasteiger partial charge is 0.309 e. The molecule has 6 nitrogen and oxygen atoms in total. The first-order chi connectivity index (χ1) is 5.22. The molecule has 58 valence electrons. The van der Waals surface area contributed by atoms with E-state index in [4.69, 9.17) is 0 Å². The van der Waals surface area contributed by atoms with E-state index in [9.17, 15) is 10.0 Å². The molecular formula is C5H5N4O2-. The van der Waals surface area contributed by atoms with Crippen molar-refractivity contribution in [1.29, 1.82) is 0 Å². The van der Waals surface area contributed by atoms with Gasteiger partial charge in [-0.1, -0.05) is 0 Å². The molecule has 2 amide bonds. The van der Waals surface area contributed by atoms with Crippen LogP contribution >= 0.6 is 0 Å². The largest absolute Gasteiger partial charge is 0.749 e. The highest BCUT2D eigenvalue weighted by Gasteiger charge is 1.99. The molecule has 0 saturated heterocycles. The molecule has 1 heterocycles. The molecule has 0 saturated carbocycles. The molecule has 0 atom stereocenters. The maximum absolute atomic E-state index is 10.7. The van der Waals surface area contributed by atoms with Crippen molar-refractivity contribution in [3.8, 4) is 0 Å². The van der Waals surface area contributed by atoms with Gasteiger partial charge in [0, 0.05) is 6.20 Å². The lowest BCUT2D eigenvalue weighted by molar-refractivity contribution is 0.255. The van der Waals surface area contributed by atoms with Gasteiger partial charge in [-0.2, -0.15) is 5.10 Å². The van der Waals surface area contributed by atoms with Crippen LogP contribution in [0, 0.1) is 5.21 Å². The normalized spacial score (nSPS) is 9.18. The van der Waals surface area contributed by atoms with Crippen LogP contribution in [0.1, 0.15) is 0 Å². The molecule has 6 heteroatoms. The number of urea groups is 1. The van der Waals surface area contributed by atoms with Gasteiger partial charge in [-0.25, -0.2) is 4.79 Å². The molecule has 0 aliphatic carbocycles. The minimum Gasteiger partial charge on any atom is -0.749 e. The third-order valence-electron chi connectivity index (χ3n) is 0.966. The number of nitrogens with two attached hydrogens (primary N) is 1. The monoisotopic (exact) mass is 153 g/mol. The highest BCUT2D eigenvalue weighted by atomic mass is 16.5. The van der Waals surface area contributed by atoms with Gasteiger partial charge in [0.05, 0.1) is 0 Å². The fraction of sp³-hybridized carbons (Fsp3) is 0. The maximum atomic E-state index is 10.7. The van der Waals surface area contributed by atoms with Crippen LogP contribution in [0.2, 0.25) is 0 Å². The van der Waals surface area contributed by atoms with E-state index in [0.717, 1.165) is 0 Å². The fourth-order valence-electron chi connectivity index (χ4n) is 0.515. The van der Waals surface area contributed by atoms with Crippen LogP contribution in [-0.4, -0.2) is 16.2 Å². The Kier molecular flexibility index (Phi) is 1.98. The summed E-state index contributed by atoms with van der Waals surface area (Å²) in [6.45, 7) is 0. The van der Waals surface area contributed by atoms with Crippen LogP contribution in [-0.2, 0) is 0 Å². The van der Waals surface area contributed by atoms with Crippen molar-refractivity contribution in [1.82, 2.24) is 10.2 Å². The van der Waals surface area contributed by atoms with E-state index in [1.807, 2.05) is 0 Å². The second-order valence-corrected chi connectivity index (χ2v) is 1.71. The molecule has 1 aromatic rings. The van der Waals surface area contributed by atoms with Gasteiger partial charge in [0.1, 0.15) is 5.82 Å². The van der Waals surface area contributed by atoms with Crippen molar-refractivity contribution in [3.63, 3.8) is 0 Å². The second kappa shape index (κ2) is 2.93. The highest BCUT2D eigenvalue weighted by Crippen LogP contribution is 2.04. The number of amides is 2. The number of anilines is 1. The van der Waals surface area contributed by atoms with Gasteiger partial charge >= 0.3 is 6.03 Å². The Morgan fingerprint density at radius 1 is 1.73 bits per heavy atom. The minimum absolute atomic E-state index is 0.0347. The number of carbonyl (C=O) groups is 1. The molecule has 2 N–H and O–H groups in total. The molecule has 1 rings (SSSR count). The summed E-state index contributed by atoms with van der Waals surface area (Å²) in [6.07, 6.45) is 1.39. The van der Waals surface area contributed by atoms with Crippen molar-refractivity contribution in [2.24, 2.45) is 5.73 Å². The third-order valence-corrected chi connectivity index (χ3v) is 0.966. The molecule has 0 unspecified atom stereocenters. The Morgan fingerprint density at radius 3 is 2.91 bits per heavy atom. The maximum Gasteiger partial charge on any atom is 0.309 e. The summed E-state index contributed by atoms with van der Waals surface area (Å²) in [5, 5.41) is 17.4. The van der Waals surface area contributed by atoms with E-state index in [0.29, 0.717) is 0 Å². The van der Waals surface area contributed by atoms with Gasteiger partial charge in [0.25, 0.3) is 0 Å². The highest BCUT2D eigenvalue weighted by molar-refractivity contribution is 5.89. The quantitative estimate of drug-likeness (QED) is 0.568. The SMILES string of the molecule is NC(=O)N([O-])c1cccnn1. The Hall–Kier alpha value is -1.69. The summed E-state index contributed by atoms with van der Waals surface area (Å²) in [4.78, 5) is 10.3. The number of rotatable bonds is 1. The number of hydroxylamine groups is 1. The molecular weight excluding hydrogens is 148 g/mol. The van der Waals surface area contributed by atoms with Crippen LogP contribution in [0.5, 0.6) is 0 Å². The van der Waals surface area contributed by atoms with Crippen LogP contribution in [0.4, 0.5) is 10.6 Å². The molecule has 0 spiro atoms. The van der Waals surface area contributed by atoms with E-state index in [1.165, 1.54) is 18.3 Å². The molecule has 0 bridgehead atoms. The third kappa shape index (κ3) is 1.62. The first-order valence-electron chi connectivity index (χ1n) is 2.76. The summed E-state index contributed by atoms with van der Waals surface area (Å²) < 4.78 is 0. The zero-order valence-corrected chi connectivity index (χ0v) is 5.47. The Morgan fingerprint density at radius 2 is 2.45 bits per heavy atom. The van der Waals surface area contributed by atoms with Crippen molar-refractivity contribution in [2.75, 3.05) is 5.06 Å². The molecule has 0 fully saturated rings. The zero-order chi connectivity index (χ0) is 8.27. The van der Waals surface area contributed by atoms with Crippen LogP contribution in [0.15, 0.2) is 18.3 Å². The van der Waals surface area contributed by atoms with Crippen LogP contribution < -0.4 is 10.8 Å². The van der Waals surface area contributed by atoms with Gasteiger partial charge in [-0.05, 0) is 12.1 Å². The van der Waals surface area contributed by atoms with E-state index in [1.54, 1.807) is 0 Å². The van der Waals surface area contributed by atoms with E-state index in [-0.39, 0.29) is 10.9 Å². The minimum atomic E-state index is -1.11. The summed E-state index contributed by atoms with van der Waals surface area (Å²) in [7, 11) is 0. The number of hydrogen-bond donors (Lipinski definition) is 1. The summed E-state index contributed by atoms with van der Waals surface area (Å²) in [6, 6.07) is 1.71. The predicted molar refractivity (Wildman–Crippen MR) is 37.5 cm³/mol. The summed E-state index contributed by atoms with van der Waals surface area (Å²) in [5.41, 5.74) is 4.67. The van der Waals surface area contributed by atoms with E-state index >= 15 is 0 Å². The first kappa shape index (κ1) is 7.42. The van der Waals surface area contributed by atoms with Gasteiger partial charge in [0.2, 0.25) is 0 Å². The Bertz CT molecular complexity index is 250. The lowest BCUT2D eigenvalue weighted by atomic mass is 10.5. The van der Waals surface area contributed by atoms with Crippen molar-refractivity contribution >= 4 is 11.8 Å².